The molecule has 0 aliphatic rings. The number of primary sulfonamides is 1. The number of unbranched alkanes of at least 4 members (excludes halogenated alkanes) is 2. The SMILES string of the molecule is CCC(CC)(CCCCOCCCCC(CC)(CC)C(=O)O)CCS(N)(=O)=O. The third-order valence-corrected chi connectivity index (χ3v) is 7.44. The van der Waals surface area contributed by atoms with Gasteiger partial charge in [0.2, 0.25) is 10.0 Å². The molecule has 0 heterocycles. The van der Waals surface area contributed by atoms with Crippen LogP contribution >= 0.6 is 0 Å². The topological polar surface area (TPSA) is 107 Å². The van der Waals surface area contributed by atoms with Crippen LogP contribution in [-0.2, 0) is 19.6 Å². The van der Waals surface area contributed by atoms with Gasteiger partial charge >= 0.3 is 5.97 Å². The van der Waals surface area contributed by atoms with Gasteiger partial charge in [0.15, 0.2) is 0 Å². The molecule has 0 amide bonds. The van der Waals surface area contributed by atoms with Crippen molar-refractivity contribution in [3.05, 3.63) is 0 Å². The molecule has 0 fully saturated rings. The average Bonchev–Trinajstić information content (AvgIpc) is 2.65. The van der Waals surface area contributed by atoms with Crippen LogP contribution in [0.25, 0.3) is 0 Å². The van der Waals surface area contributed by atoms with E-state index in [0.29, 0.717) is 38.9 Å². The van der Waals surface area contributed by atoms with Crippen molar-refractivity contribution in [2.75, 3.05) is 19.0 Å². The van der Waals surface area contributed by atoms with Crippen LogP contribution in [-0.4, -0.2) is 38.5 Å². The van der Waals surface area contributed by atoms with Crippen molar-refractivity contribution in [2.45, 2.75) is 98.3 Å². The third-order valence-electron chi connectivity index (χ3n) is 6.66. The molecule has 0 saturated carbocycles. The smallest absolute Gasteiger partial charge is 0.309 e. The largest absolute Gasteiger partial charge is 0.481 e. The summed E-state index contributed by atoms with van der Waals surface area (Å²) in [7, 11) is -3.41. The fraction of sp³-hybridized carbons (Fsp3) is 0.952. The molecule has 0 spiro atoms. The molecule has 0 unspecified atom stereocenters. The van der Waals surface area contributed by atoms with Crippen molar-refractivity contribution in [2.24, 2.45) is 16.0 Å². The highest BCUT2D eigenvalue weighted by atomic mass is 32.2. The summed E-state index contributed by atoms with van der Waals surface area (Å²) in [6, 6.07) is 0. The molecular formula is C21H43NO5S. The Morgan fingerprint density at radius 1 is 0.857 bits per heavy atom. The van der Waals surface area contributed by atoms with Crippen LogP contribution in [0.15, 0.2) is 0 Å². The summed E-state index contributed by atoms with van der Waals surface area (Å²) in [4.78, 5) is 11.5. The highest BCUT2D eigenvalue weighted by Gasteiger charge is 2.33. The van der Waals surface area contributed by atoms with Gasteiger partial charge in [-0.25, -0.2) is 13.6 Å². The molecule has 0 aromatic heterocycles. The Morgan fingerprint density at radius 2 is 1.36 bits per heavy atom. The minimum atomic E-state index is -3.41. The van der Waals surface area contributed by atoms with Gasteiger partial charge in [-0.1, -0.05) is 53.4 Å². The van der Waals surface area contributed by atoms with Crippen molar-refractivity contribution in [3.8, 4) is 0 Å². The van der Waals surface area contributed by atoms with Crippen LogP contribution in [0.4, 0.5) is 0 Å². The first-order valence-electron chi connectivity index (χ1n) is 10.9. The molecule has 0 saturated heterocycles. The highest BCUT2D eigenvalue weighted by Crippen LogP contribution is 2.36. The number of carbonyl (C=O) groups is 1. The zero-order chi connectivity index (χ0) is 21.7. The summed E-state index contributed by atoms with van der Waals surface area (Å²) < 4.78 is 28.3. The van der Waals surface area contributed by atoms with Crippen LogP contribution in [0.1, 0.15) is 98.3 Å². The van der Waals surface area contributed by atoms with Crippen molar-refractivity contribution >= 4 is 16.0 Å². The minimum absolute atomic E-state index is 0.0485. The average molecular weight is 422 g/mol. The summed E-state index contributed by atoms with van der Waals surface area (Å²) in [6.07, 6.45) is 9.31. The molecule has 3 N–H and O–H groups in total. The maximum absolute atomic E-state index is 11.5. The van der Waals surface area contributed by atoms with Gasteiger partial charge in [-0.2, -0.15) is 0 Å². The van der Waals surface area contributed by atoms with Gasteiger partial charge in [-0.05, 0) is 50.4 Å². The van der Waals surface area contributed by atoms with Gasteiger partial charge in [-0.15, -0.1) is 0 Å². The molecule has 0 bridgehead atoms. The molecule has 168 valence electrons. The molecule has 7 heteroatoms. The fourth-order valence-electron chi connectivity index (χ4n) is 3.93. The van der Waals surface area contributed by atoms with Crippen LogP contribution < -0.4 is 5.14 Å². The van der Waals surface area contributed by atoms with Crippen molar-refractivity contribution < 1.29 is 23.1 Å². The Balaban J connectivity index is 4.02. The second-order valence-electron chi connectivity index (χ2n) is 8.14. The lowest BCUT2D eigenvalue weighted by Gasteiger charge is -2.31. The van der Waals surface area contributed by atoms with Crippen LogP contribution in [0.3, 0.4) is 0 Å². The van der Waals surface area contributed by atoms with Crippen molar-refractivity contribution in [3.63, 3.8) is 0 Å². The quantitative estimate of drug-likeness (QED) is 0.311. The number of aliphatic carboxylic acids is 1. The number of ether oxygens (including phenoxy) is 1. The van der Waals surface area contributed by atoms with E-state index in [1.807, 2.05) is 13.8 Å². The van der Waals surface area contributed by atoms with Crippen LogP contribution in [0.5, 0.6) is 0 Å². The summed E-state index contributed by atoms with van der Waals surface area (Å²) in [5.74, 6) is -0.630. The molecule has 0 rings (SSSR count). The lowest BCUT2D eigenvalue weighted by molar-refractivity contribution is -0.150. The maximum Gasteiger partial charge on any atom is 0.309 e. The van der Waals surface area contributed by atoms with E-state index in [2.05, 4.69) is 13.8 Å². The van der Waals surface area contributed by atoms with Crippen LogP contribution in [0.2, 0.25) is 0 Å². The number of carboxylic acids is 1. The second-order valence-corrected chi connectivity index (χ2v) is 9.88. The number of hydrogen-bond acceptors (Lipinski definition) is 4. The highest BCUT2D eigenvalue weighted by molar-refractivity contribution is 7.89. The van der Waals surface area contributed by atoms with E-state index in [9.17, 15) is 18.3 Å². The Kier molecular flexibility index (Phi) is 13.2. The second kappa shape index (κ2) is 13.5. The van der Waals surface area contributed by atoms with E-state index in [-0.39, 0.29) is 11.2 Å². The monoisotopic (exact) mass is 421 g/mol. The zero-order valence-corrected chi connectivity index (χ0v) is 19.3. The van der Waals surface area contributed by atoms with Gasteiger partial charge in [0.25, 0.3) is 0 Å². The first-order chi connectivity index (χ1) is 13.1. The molecule has 6 nitrogen and oxygen atoms in total. The number of nitrogens with two attached hydrogens (primary N) is 1. The first-order valence-corrected chi connectivity index (χ1v) is 12.6. The van der Waals surface area contributed by atoms with E-state index >= 15 is 0 Å². The molecular weight excluding hydrogens is 378 g/mol. The van der Waals surface area contributed by atoms with Gasteiger partial charge in [0, 0.05) is 13.2 Å². The predicted molar refractivity (Wildman–Crippen MR) is 115 cm³/mol. The summed E-state index contributed by atoms with van der Waals surface area (Å²) >= 11 is 0. The van der Waals surface area contributed by atoms with Gasteiger partial charge < -0.3 is 9.84 Å². The van der Waals surface area contributed by atoms with Crippen LogP contribution in [0, 0.1) is 10.8 Å². The van der Waals surface area contributed by atoms with E-state index in [4.69, 9.17) is 9.88 Å². The van der Waals surface area contributed by atoms with E-state index in [1.165, 1.54) is 0 Å². The Morgan fingerprint density at radius 3 is 1.75 bits per heavy atom. The number of rotatable bonds is 18. The lowest BCUT2D eigenvalue weighted by Crippen LogP contribution is -2.29. The molecule has 0 aromatic carbocycles. The molecule has 0 aliphatic carbocycles. The Hall–Kier alpha value is -0.660. The molecule has 0 aliphatic heterocycles. The van der Waals surface area contributed by atoms with Gasteiger partial charge in [-0.3, -0.25) is 4.79 Å². The van der Waals surface area contributed by atoms with Gasteiger partial charge in [0.1, 0.15) is 0 Å². The normalized spacial score (nSPS) is 13.0. The Bertz CT molecular complexity index is 525. The fourth-order valence-corrected chi connectivity index (χ4v) is 4.65. The first kappa shape index (κ1) is 27.3. The van der Waals surface area contributed by atoms with E-state index in [1.54, 1.807) is 0 Å². The van der Waals surface area contributed by atoms with Crippen molar-refractivity contribution in [1.82, 2.24) is 0 Å². The predicted octanol–water partition coefficient (Wildman–Crippen LogP) is 4.72. The summed E-state index contributed by atoms with van der Waals surface area (Å²) in [6.45, 7) is 9.50. The molecule has 28 heavy (non-hydrogen) atoms. The number of hydrogen-bond donors (Lipinski definition) is 2. The number of sulfonamides is 1. The molecule has 0 aromatic rings. The zero-order valence-electron chi connectivity index (χ0n) is 18.5. The number of carboxylic acid groups (broad SMARTS) is 1. The van der Waals surface area contributed by atoms with Crippen molar-refractivity contribution in [1.29, 1.82) is 0 Å². The maximum atomic E-state index is 11.5. The van der Waals surface area contributed by atoms with Gasteiger partial charge in [0.05, 0.1) is 11.2 Å². The minimum Gasteiger partial charge on any atom is -0.481 e. The molecule has 0 radical (unpaired) electrons. The lowest BCUT2D eigenvalue weighted by atomic mass is 9.76. The molecule has 0 atom stereocenters. The third kappa shape index (κ3) is 10.2. The summed E-state index contributed by atoms with van der Waals surface area (Å²) in [5.41, 5.74) is -0.534. The van der Waals surface area contributed by atoms with E-state index < -0.39 is 21.4 Å². The van der Waals surface area contributed by atoms with E-state index in [0.717, 1.165) is 44.9 Å². The summed E-state index contributed by atoms with van der Waals surface area (Å²) in [5, 5.41) is 14.6. The standard InChI is InChI=1S/C21H43NO5S/c1-5-20(6-2,15-18-28(22,25)26)13-9-11-16-27-17-12-10-14-21(7-3,8-4)19(23)24/h5-18H2,1-4H3,(H,23,24)(H2,22,25,26). The Labute approximate surface area is 172 Å².